The minimum Gasteiger partial charge on any atom is -0.497 e. The van der Waals surface area contributed by atoms with Gasteiger partial charge in [0.1, 0.15) is 11.6 Å². The van der Waals surface area contributed by atoms with Gasteiger partial charge in [0.05, 0.1) is 18.2 Å². The maximum atomic E-state index is 13.7. The second-order valence-corrected chi connectivity index (χ2v) is 9.87. The number of likely N-dealkylation sites (tertiary alicyclic amines) is 1. The van der Waals surface area contributed by atoms with Gasteiger partial charge in [-0.2, -0.15) is 0 Å². The number of methoxy groups -OCH3 is 1. The fraction of sp³-hybridized carbons (Fsp3) is 0.429. The Morgan fingerprint density at radius 3 is 2.24 bits per heavy atom. The van der Waals surface area contributed by atoms with E-state index in [1.165, 1.54) is 12.1 Å². The zero-order valence-corrected chi connectivity index (χ0v) is 20.4. The molecule has 0 bridgehead atoms. The first kappa shape index (κ1) is 22.5. The van der Waals surface area contributed by atoms with Crippen LogP contribution in [0.5, 0.6) is 5.75 Å². The number of hydrogen-bond acceptors (Lipinski definition) is 5. The van der Waals surface area contributed by atoms with E-state index < -0.39 is 0 Å². The molecule has 0 aliphatic carbocycles. The first-order chi connectivity index (χ1) is 16.5. The first-order valence-electron chi connectivity index (χ1n) is 12.3. The van der Waals surface area contributed by atoms with Crippen molar-refractivity contribution in [2.24, 2.45) is 11.8 Å². The van der Waals surface area contributed by atoms with Crippen LogP contribution in [-0.4, -0.2) is 62.2 Å². The fourth-order valence-corrected chi connectivity index (χ4v) is 5.49. The summed E-state index contributed by atoms with van der Waals surface area (Å²) in [5.74, 6) is 2.97. The van der Waals surface area contributed by atoms with Gasteiger partial charge in [0.25, 0.3) is 5.91 Å². The van der Waals surface area contributed by atoms with Crippen LogP contribution in [0.25, 0.3) is 10.9 Å². The molecule has 2 saturated heterocycles. The smallest absolute Gasteiger partial charge is 0.254 e. The number of pyridine rings is 1. The Balaban J connectivity index is 1.38. The number of benzene rings is 2. The number of para-hydroxylation sites is 1. The van der Waals surface area contributed by atoms with E-state index in [9.17, 15) is 4.79 Å². The number of amides is 1. The molecule has 2 aliphatic heterocycles. The molecule has 0 saturated carbocycles. The summed E-state index contributed by atoms with van der Waals surface area (Å²) < 4.78 is 5.29. The third kappa shape index (κ3) is 4.54. The number of piperazine rings is 1. The molecule has 2 aliphatic rings. The van der Waals surface area contributed by atoms with Crippen molar-refractivity contribution in [3.05, 3.63) is 60.2 Å². The van der Waals surface area contributed by atoms with Gasteiger partial charge in [-0.25, -0.2) is 4.98 Å². The Kier molecular flexibility index (Phi) is 6.31. The quantitative estimate of drug-likeness (QED) is 0.568. The summed E-state index contributed by atoms with van der Waals surface area (Å²) in [6, 6.07) is 18.3. The molecule has 6 heteroatoms. The van der Waals surface area contributed by atoms with E-state index in [0.29, 0.717) is 11.8 Å². The molecule has 1 aromatic heterocycles. The van der Waals surface area contributed by atoms with Crippen molar-refractivity contribution in [2.45, 2.75) is 20.3 Å². The molecule has 3 aromatic rings. The van der Waals surface area contributed by atoms with E-state index >= 15 is 0 Å². The fourth-order valence-electron chi connectivity index (χ4n) is 5.49. The number of hydrogen-bond donors (Lipinski definition) is 0. The summed E-state index contributed by atoms with van der Waals surface area (Å²) in [6.07, 6.45) is 1.19. The normalized spacial score (nSPS) is 21.1. The van der Waals surface area contributed by atoms with Crippen LogP contribution in [0.3, 0.4) is 0 Å². The number of anilines is 2. The Morgan fingerprint density at radius 1 is 0.912 bits per heavy atom. The first-order valence-corrected chi connectivity index (χ1v) is 12.3. The van der Waals surface area contributed by atoms with E-state index in [1.807, 2.05) is 47.4 Å². The minimum atomic E-state index is 0.134. The van der Waals surface area contributed by atoms with Gasteiger partial charge in [-0.3, -0.25) is 4.79 Å². The molecule has 0 unspecified atom stereocenters. The minimum absolute atomic E-state index is 0.134. The largest absolute Gasteiger partial charge is 0.497 e. The van der Waals surface area contributed by atoms with Crippen LogP contribution >= 0.6 is 0 Å². The number of carbonyl (C=O) groups excluding carboxylic acids is 1. The van der Waals surface area contributed by atoms with E-state index in [2.05, 4.69) is 35.8 Å². The number of fused-ring (bicyclic) bond motifs is 1. The molecule has 5 rings (SSSR count). The van der Waals surface area contributed by atoms with E-state index in [1.54, 1.807) is 7.11 Å². The highest BCUT2D eigenvalue weighted by Gasteiger charge is 2.28. The molecule has 2 fully saturated rings. The van der Waals surface area contributed by atoms with Gasteiger partial charge in [0, 0.05) is 50.3 Å². The molecular formula is C28H34N4O2. The Morgan fingerprint density at radius 2 is 1.56 bits per heavy atom. The summed E-state index contributed by atoms with van der Waals surface area (Å²) >= 11 is 0. The molecule has 6 nitrogen and oxygen atoms in total. The topological polar surface area (TPSA) is 48.9 Å². The van der Waals surface area contributed by atoms with Crippen LogP contribution in [-0.2, 0) is 0 Å². The average molecular weight is 459 g/mol. The van der Waals surface area contributed by atoms with Crippen LogP contribution in [0, 0.1) is 11.8 Å². The highest BCUT2D eigenvalue weighted by atomic mass is 16.5. The number of aromatic nitrogens is 1. The second kappa shape index (κ2) is 9.53. The Bertz CT molecular complexity index is 1140. The van der Waals surface area contributed by atoms with Crippen LogP contribution < -0.4 is 14.5 Å². The summed E-state index contributed by atoms with van der Waals surface area (Å²) in [4.78, 5) is 25.4. The summed E-state index contributed by atoms with van der Waals surface area (Å²) in [6.45, 7) is 9.69. The Hall–Kier alpha value is -3.28. The molecule has 2 atom stereocenters. The predicted molar refractivity (Wildman–Crippen MR) is 138 cm³/mol. The SMILES string of the molecule is COc1ccc(N2CCN(c3cc(C(=O)N4C[C@@H](C)C[C@H](C)C4)c4ccccc4n3)CC2)cc1. The van der Waals surface area contributed by atoms with Crippen molar-refractivity contribution in [1.29, 1.82) is 0 Å². The van der Waals surface area contributed by atoms with E-state index in [0.717, 1.165) is 67.3 Å². The standard InChI is InChI=1S/C28H34N4O2/c1-20-16-21(2)19-32(18-20)28(33)25-17-27(29-26-7-5-4-6-24(25)26)31-14-12-30(13-15-31)22-8-10-23(34-3)11-9-22/h4-11,17,20-21H,12-16,18-19H2,1-3H3/t20-,21-/m0/s1. The van der Waals surface area contributed by atoms with Crippen molar-refractivity contribution >= 4 is 28.3 Å². The van der Waals surface area contributed by atoms with Gasteiger partial charge in [-0.05, 0) is 54.7 Å². The molecule has 1 amide bonds. The van der Waals surface area contributed by atoms with E-state index in [4.69, 9.17) is 9.72 Å². The monoisotopic (exact) mass is 458 g/mol. The number of nitrogens with zero attached hydrogens (tertiary/aromatic N) is 4. The van der Waals surface area contributed by atoms with E-state index in [-0.39, 0.29) is 5.91 Å². The summed E-state index contributed by atoms with van der Waals surface area (Å²) in [5.41, 5.74) is 2.87. The van der Waals surface area contributed by atoms with Crippen molar-refractivity contribution in [3.63, 3.8) is 0 Å². The van der Waals surface area contributed by atoms with Gasteiger partial charge in [-0.1, -0.05) is 32.0 Å². The van der Waals surface area contributed by atoms with Crippen molar-refractivity contribution in [2.75, 3.05) is 56.2 Å². The second-order valence-electron chi connectivity index (χ2n) is 9.87. The van der Waals surface area contributed by atoms with Crippen molar-refractivity contribution in [1.82, 2.24) is 9.88 Å². The van der Waals surface area contributed by atoms with Crippen LogP contribution in [0.2, 0.25) is 0 Å². The van der Waals surface area contributed by atoms with Gasteiger partial charge < -0.3 is 19.4 Å². The van der Waals surface area contributed by atoms with Gasteiger partial charge >= 0.3 is 0 Å². The third-order valence-electron chi connectivity index (χ3n) is 7.13. The van der Waals surface area contributed by atoms with Crippen molar-refractivity contribution in [3.8, 4) is 5.75 Å². The number of carbonyl (C=O) groups is 1. The molecule has 3 heterocycles. The molecule has 178 valence electrons. The maximum Gasteiger partial charge on any atom is 0.254 e. The number of ether oxygens (including phenoxy) is 1. The lowest BCUT2D eigenvalue weighted by molar-refractivity contribution is 0.0625. The van der Waals surface area contributed by atoms with Gasteiger partial charge in [0.15, 0.2) is 0 Å². The number of piperidine rings is 1. The molecule has 2 aromatic carbocycles. The highest BCUT2D eigenvalue weighted by Crippen LogP contribution is 2.29. The zero-order valence-electron chi connectivity index (χ0n) is 20.4. The summed E-state index contributed by atoms with van der Waals surface area (Å²) in [7, 11) is 1.69. The molecule has 0 radical (unpaired) electrons. The third-order valence-corrected chi connectivity index (χ3v) is 7.13. The maximum absolute atomic E-state index is 13.7. The molecular weight excluding hydrogens is 424 g/mol. The molecule has 34 heavy (non-hydrogen) atoms. The highest BCUT2D eigenvalue weighted by molar-refractivity contribution is 6.07. The molecule has 0 spiro atoms. The predicted octanol–water partition coefficient (Wildman–Crippen LogP) is 4.69. The zero-order chi connectivity index (χ0) is 23.7. The van der Waals surface area contributed by atoms with Crippen LogP contribution in [0.1, 0.15) is 30.6 Å². The number of rotatable bonds is 4. The lowest BCUT2D eigenvalue weighted by Crippen LogP contribution is -2.47. The van der Waals surface area contributed by atoms with Crippen LogP contribution in [0.15, 0.2) is 54.6 Å². The van der Waals surface area contributed by atoms with Gasteiger partial charge in [0.2, 0.25) is 0 Å². The van der Waals surface area contributed by atoms with Crippen molar-refractivity contribution < 1.29 is 9.53 Å². The van der Waals surface area contributed by atoms with Gasteiger partial charge in [-0.15, -0.1) is 0 Å². The Labute approximate surface area is 202 Å². The lowest BCUT2D eigenvalue weighted by Gasteiger charge is -2.37. The lowest BCUT2D eigenvalue weighted by atomic mass is 9.91. The van der Waals surface area contributed by atoms with Crippen LogP contribution in [0.4, 0.5) is 11.5 Å². The molecule has 0 N–H and O–H groups in total. The average Bonchev–Trinajstić information content (AvgIpc) is 2.87. The summed E-state index contributed by atoms with van der Waals surface area (Å²) in [5, 5.41) is 0.944.